The first kappa shape index (κ1) is 28.1. The molecular weight excluding hydrogens is 602 g/mol. The third kappa shape index (κ3) is 4.68. The Labute approximate surface area is 259 Å². The van der Waals surface area contributed by atoms with Gasteiger partial charge in [0.2, 0.25) is 17.7 Å². The highest BCUT2D eigenvalue weighted by molar-refractivity contribution is 8.00. The maximum atomic E-state index is 14.0. The van der Waals surface area contributed by atoms with Crippen LogP contribution in [0.15, 0.2) is 101 Å². The van der Waals surface area contributed by atoms with Gasteiger partial charge in [-0.25, -0.2) is 9.29 Å². The van der Waals surface area contributed by atoms with Gasteiger partial charge >= 0.3 is 4.87 Å². The third-order valence-corrected chi connectivity index (χ3v) is 10.5. The number of thioether (sulfide) groups is 1. The summed E-state index contributed by atoms with van der Waals surface area (Å²) in [5.74, 6) is -2.82. The van der Waals surface area contributed by atoms with Crippen LogP contribution in [0.2, 0.25) is 0 Å². The Hall–Kier alpha value is -4.74. The SMILES string of the molecule is COc1ccccc1C1c2sc(=O)n(CC(=O)Nc3ccc4ccccc4c3)c2SC2C(=O)N(c3ccc(F)cc3)C(=O)C21. The highest BCUT2D eigenvalue weighted by Crippen LogP contribution is 2.55. The highest BCUT2D eigenvalue weighted by atomic mass is 32.2. The summed E-state index contributed by atoms with van der Waals surface area (Å²) in [5, 5.41) is 4.47. The summed E-state index contributed by atoms with van der Waals surface area (Å²) in [6.45, 7) is -0.273. The molecule has 5 aromatic rings. The Morgan fingerprint density at radius 1 is 0.909 bits per heavy atom. The van der Waals surface area contributed by atoms with Crippen molar-refractivity contribution in [2.24, 2.45) is 5.92 Å². The van der Waals surface area contributed by atoms with Crippen LogP contribution in [0.5, 0.6) is 5.75 Å². The van der Waals surface area contributed by atoms with Gasteiger partial charge in [0.05, 0.1) is 23.7 Å². The van der Waals surface area contributed by atoms with Crippen LogP contribution in [0.4, 0.5) is 15.8 Å². The highest BCUT2D eigenvalue weighted by Gasteiger charge is 2.57. The average Bonchev–Trinajstić information content (AvgIpc) is 3.47. The van der Waals surface area contributed by atoms with Crippen LogP contribution < -0.4 is 19.8 Å². The molecule has 3 unspecified atom stereocenters. The summed E-state index contributed by atoms with van der Waals surface area (Å²) in [4.78, 5) is 55.9. The van der Waals surface area contributed by atoms with Gasteiger partial charge in [-0.3, -0.25) is 23.7 Å². The number of hydrogen-bond donors (Lipinski definition) is 1. The van der Waals surface area contributed by atoms with E-state index in [2.05, 4.69) is 5.32 Å². The van der Waals surface area contributed by atoms with Gasteiger partial charge in [-0.15, -0.1) is 0 Å². The lowest BCUT2D eigenvalue weighted by Crippen LogP contribution is -2.33. The summed E-state index contributed by atoms with van der Waals surface area (Å²) in [6, 6.07) is 25.7. The molecule has 11 heteroatoms. The number of imide groups is 1. The number of carbonyl (C=O) groups is 3. The summed E-state index contributed by atoms with van der Waals surface area (Å²) in [6.07, 6.45) is 0. The van der Waals surface area contributed by atoms with Crippen molar-refractivity contribution in [2.75, 3.05) is 17.3 Å². The second-order valence-corrected chi connectivity index (χ2v) is 12.6. The monoisotopic (exact) mass is 625 g/mol. The molecule has 8 nitrogen and oxygen atoms in total. The number of hydrogen-bond acceptors (Lipinski definition) is 7. The maximum absolute atomic E-state index is 14.0. The lowest BCUT2D eigenvalue weighted by molar-refractivity contribution is -0.122. The number of rotatable bonds is 6. The molecule has 1 aromatic heterocycles. The number of nitrogens with one attached hydrogen (secondary N) is 1. The van der Waals surface area contributed by atoms with Gasteiger partial charge in [0.1, 0.15) is 23.4 Å². The van der Waals surface area contributed by atoms with Crippen LogP contribution in [0, 0.1) is 11.7 Å². The number of benzene rings is 4. The van der Waals surface area contributed by atoms with E-state index in [9.17, 15) is 23.6 Å². The molecule has 0 saturated carbocycles. The Bertz CT molecular complexity index is 2020. The molecule has 2 aliphatic heterocycles. The van der Waals surface area contributed by atoms with Crippen molar-refractivity contribution in [3.05, 3.63) is 117 Å². The van der Waals surface area contributed by atoms with Crippen LogP contribution in [0.1, 0.15) is 16.4 Å². The molecule has 44 heavy (non-hydrogen) atoms. The van der Waals surface area contributed by atoms with E-state index in [-0.39, 0.29) is 17.1 Å². The molecular formula is C33H24FN3O5S2. The lowest BCUT2D eigenvalue weighted by Gasteiger charge is -2.31. The number of thiazole rings is 1. The second kappa shape index (κ2) is 11.1. The number of carbonyl (C=O) groups excluding carboxylic acids is 3. The molecule has 0 radical (unpaired) electrons. The number of anilines is 2. The summed E-state index contributed by atoms with van der Waals surface area (Å²) < 4.78 is 20.7. The predicted octanol–water partition coefficient (Wildman–Crippen LogP) is 5.65. The van der Waals surface area contributed by atoms with Gasteiger partial charge in [0, 0.05) is 22.0 Å². The van der Waals surface area contributed by atoms with Gasteiger partial charge in [0.25, 0.3) is 0 Å². The minimum absolute atomic E-state index is 0.269. The van der Waals surface area contributed by atoms with E-state index in [0.29, 0.717) is 26.9 Å². The fraction of sp³-hybridized carbons (Fsp3) is 0.152. The molecule has 0 bridgehead atoms. The number of aromatic nitrogens is 1. The number of methoxy groups -OCH3 is 1. The Morgan fingerprint density at radius 3 is 2.41 bits per heavy atom. The summed E-state index contributed by atoms with van der Waals surface area (Å²) >= 11 is 2.08. The average molecular weight is 626 g/mol. The molecule has 0 spiro atoms. The molecule has 7 rings (SSSR count). The predicted molar refractivity (Wildman–Crippen MR) is 168 cm³/mol. The first-order valence-corrected chi connectivity index (χ1v) is 15.5. The van der Waals surface area contributed by atoms with Crippen molar-refractivity contribution < 1.29 is 23.5 Å². The Kier molecular flexibility index (Phi) is 7.06. The van der Waals surface area contributed by atoms with Crippen molar-refractivity contribution in [3.8, 4) is 5.75 Å². The van der Waals surface area contributed by atoms with E-state index in [1.54, 1.807) is 18.2 Å². The van der Waals surface area contributed by atoms with E-state index in [4.69, 9.17) is 4.74 Å². The van der Waals surface area contributed by atoms with E-state index < -0.39 is 40.6 Å². The quantitative estimate of drug-likeness (QED) is 0.245. The van der Waals surface area contributed by atoms with E-state index in [1.807, 2.05) is 48.5 Å². The van der Waals surface area contributed by atoms with E-state index in [1.165, 1.54) is 35.9 Å². The zero-order valence-corrected chi connectivity index (χ0v) is 24.9. The zero-order chi connectivity index (χ0) is 30.5. The molecule has 4 aromatic carbocycles. The van der Waals surface area contributed by atoms with E-state index >= 15 is 0 Å². The molecule has 2 aliphatic rings. The largest absolute Gasteiger partial charge is 0.496 e. The fourth-order valence-corrected chi connectivity index (χ4v) is 8.73. The molecule has 0 aliphatic carbocycles. The molecule has 3 amide bonds. The van der Waals surface area contributed by atoms with Crippen LogP contribution in [0.25, 0.3) is 10.8 Å². The van der Waals surface area contributed by atoms with Gasteiger partial charge in [-0.1, -0.05) is 71.6 Å². The zero-order valence-electron chi connectivity index (χ0n) is 23.2. The maximum Gasteiger partial charge on any atom is 0.308 e. The van der Waals surface area contributed by atoms with Gasteiger partial charge in [-0.2, -0.15) is 0 Å². The first-order valence-electron chi connectivity index (χ1n) is 13.8. The number of nitrogens with zero attached hydrogens (tertiary/aromatic N) is 2. The molecule has 220 valence electrons. The van der Waals surface area contributed by atoms with Crippen molar-refractivity contribution in [3.63, 3.8) is 0 Å². The number of fused-ring (bicyclic) bond motifs is 3. The van der Waals surface area contributed by atoms with E-state index in [0.717, 1.165) is 38.8 Å². The molecule has 1 saturated heterocycles. The number of ether oxygens (including phenoxy) is 1. The lowest BCUT2D eigenvalue weighted by atomic mass is 9.82. The van der Waals surface area contributed by atoms with Crippen LogP contribution >= 0.6 is 23.1 Å². The number of amides is 3. The van der Waals surface area contributed by atoms with Crippen LogP contribution in [-0.2, 0) is 20.9 Å². The van der Waals surface area contributed by atoms with Crippen LogP contribution in [0.3, 0.4) is 0 Å². The Balaban J connectivity index is 1.28. The second-order valence-electron chi connectivity index (χ2n) is 10.5. The van der Waals surface area contributed by atoms with Crippen molar-refractivity contribution in [1.82, 2.24) is 4.57 Å². The number of para-hydroxylation sites is 1. The van der Waals surface area contributed by atoms with Crippen molar-refractivity contribution >= 4 is 63.0 Å². The standard InChI is InChI=1S/C33H24FN3O5S2/c1-42-24-9-5-4-8-23(24)26-27-28(31(40)37(30(27)39)22-14-11-20(34)12-15-22)43-32-29(26)44-33(41)36(32)17-25(38)35-21-13-10-18-6-2-3-7-19(18)16-21/h2-16,26-28H,17H2,1H3,(H,35,38). The first-order chi connectivity index (χ1) is 21.3. The molecule has 3 atom stereocenters. The molecule has 3 heterocycles. The van der Waals surface area contributed by atoms with Crippen LogP contribution in [-0.4, -0.2) is 34.6 Å². The van der Waals surface area contributed by atoms with Gasteiger partial charge < -0.3 is 10.1 Å². The normalized spacial score (nSPS) is 19.1. The smallest absolute Gasteiger partial charge is 0.308 e. The fourth-order valence-electron chi connectivity index (χ4n) is 5.97. The number of halogens is 1. The minimum atomic E-state index is -0.876. The minimum Gasteiger partial charge on any atom is -0.496 e. The molecule has 1 fully saturated rings. The van der Waals surface area contributed by atoms with Crippen molar-refractivity contribution in [2.45, 2.75) is 22.7 Å². The van der Waals surface area contributed by atoms with Gasteiger partial charge in [-0.05, 0) is 53.2 Å². The van der Waals surface area contributed by atoms with Gasteiger partial charge in [0.15, 0.2) is 0 Å². The Morgan fingerprint density at radius 2 is 1.64 bits per heavy atom. The molecule has 1 N–H and O–H groups in total. The topological polar surface area (TPSA) is 97.7 Å². The third-order valence-electron chi connectivity index (χ3n) is 7.94. The summed E-state index contributed by atoms with van der Waals surface area (Å²) in [5.41, 5.74) is 1.52. The summed E-state index contributed by atoms with van der Waals surface area (Å²) in [7, 11) is 1.52. The van der Waals surface area contributed by atoms with Crippen molar-refractivity contribution in [1.29, 1.82) is 0 Å².